The minimum atomic E-state index is -5.77. The summed E-state index contributed by atoms with van der Waals surface area (Å²) in [5.41, 5.74) is 4.47. The van der Waals surface area contributed by atoms with Crippen molar-refractivity contribution >= 4 is 21.0 Å². The summed E-state index contributed by atoms with van der Waals surface area (Å²) < 4.78 is 92.9. The predicted octanol–water partition coefficient (Wildman–Crippen LogP) is 9.44. The lowest BCUT2D eigenvalue weighted by Gasteiger charge is -2.22. The Bertz CT molecular complexity index is 1580. The molecule has 0 radical (unpaired) electrons. The van der Waals surface area contributed by atoms with E-state index in [1.54, 1.807) is 0 Å². The predicted molar refractivity (Wildman–Crippen MR) is 158 cm³/mol. The van der Waals surface area contributed by atoms with E-state index in [1.165, 1.54) is 31.4 Å². The summed E-state index contributed by atoms with van der Waals surface area (Å²) >= 11 is 0. The van der Waals surface area contributed by atoms with E-state index in [4.69, 9.17) is 0 Å². The highest BCUT2D eigenvalue weighted by Crippen LogP contribution is 2.42. The van der Waals surface area contributed by atoms with Gasteiger partial charge in [-0.25, -0.2) is 30.4 Å². The van der Waals surface area contributed by atoms with Gasteiger partial charge in [0.15, 0.2) is 38.0 Å². The van der Waals surface area contributed by atoms with E-state index in [0.29, 0.717) is 17.8 Å². The summed E-state index contributed by atoms with van der Waals surface area (Å²) in [5, 5.41) is 0. The van der Waals surface area contributed by atoms with E-state index in [2.05, 4.69) is 114 Å². The molecule has 0 fully saturated rings. The molecule has 0 saturated heterocycles. The summed E-state index contributed by atoms with van der Waals surface area (Å²) in [4.78, 5) is 1.95. The van der Waals surface area contributed by atoms with Crippen LogP contribution in [0.5, 0.6) is 0 Å². The zero-order valence-corrected chi connectivity index (χ0v) is 26.2. The molecule has 0 aliphatic rings. The molecule has 43 heavy (non-hydrogen) atoms. The Morgan fingerprint density at radius 2 is 0.930 bits per heavy atom. The molecule has 0 bridgehead atoms. The molecule has 0 atom stereocenters. The van der Waals surface area contributed by atoms with Crippen molar-refractivity contribution in [3.8, 4) is 0 Å². The third kappa shape index (κ3) is 7.66. The number of hydrogen-bond donors (Lipinski definition) is 0. The fraction of sp³-hybridized carbons (Fsp3) is 0.273. The Hall–Kier alpha value is -3.21. The Labute approximate surface area is 252 Å². The molecule has 4 aromatic rings. The fourth-order valence-electron chi connectivity index (χ4n) is 4.41. The van der Waals surface area contributed by atoms with Crippen molar-refractivity contribution in [3.05, 3.63) is 119 Å². The second-order valence-electron chi connectivity index (χ2n) is 10.8. The zero-order valence-electron chi connectivity index (χ0n) is 24.6. The van der Waals surface area contributed by atoms with Gasteiger partial charge in [-0.15, -0.1) is 0 Å². The largest absolute Gasteiger partial charge is 0.744 e. The first kappa shape index (κ1) is 34.3. The van der Waals surface area contributed by atoms with Crippen LogP contribution in [-0.2, 0) is 21.0 Å². The van der Waals surface area contributed by atoms with E-state index in [0.717, 1.165) is 0 Å². The highest BCUT2D eigenvalue weighted by Gasteiger charge is 2.36. The molecule has 0 N–H and O–H groups in total. The number of rotatable bonds is 7. The van der Waals surface area contributed by atoms with Crippen molar-refractivity contribution in [2.75, 3.05) is 0 Å². The Balaban J connectivity index is 0.000000285. The Kier molecular flexibility index (Phi) is 11.2. The van der Waals surface area contributed by atoms with Crippen molar-refractivity contribution in [1.82, 2.24) is 0 Å². The van der Waals surface area contributed by atoms with Crippen LogP contribution in [-0.4, -0.2) is 13.0 Å². The molecule has 0 aliphatic carbocycles. The maximum absolute atomic E-state index is 12.6. The second kappa shape index (κ2) is 14.1. The summed E-state index contributed by atoms with van der Waals surface area (Å²) in [5.74, 6) is -11.3. The molecule has 0 heterocycles. The van der Waals surface area contributed by atoms with Crippen molar-refractivity contribution < 1.29 is 34.9 Å². The van der Waals surface area contributed by atoms with Crippen LogP contribution < -0.4 is 0 Å². The normalized spacial score (nSPS) is 11.8. The first-order valence-electron chi connectivity index (χ1n) is 13.6. The summed E-state index contributed by atoms with van der Waals surface area (Å²) in [6.07, 6.45) is 0. The molecule has 10 heteroatoms. The SMILES string of the molecule is CC(C)c1cc(C(C)C)c([S+](c2ccccc2)c2ccccc2)c(C(C)C)c1.O=S(=O)([O-])c1c(F)c(F)c(F)c(F)c1F. The van der Waals surface area contributed by atoms with Crippen LogP contribution in [0.15, 0.2) is 92.4 Å². The van der Waals surface area contributed by atoms with Gasteiger partial charge < -0.3 is 4.55 Å². The van der Waals surface area contributed by atoms with Gasteiger partial charge in [0.1, 0.15) is 15.0 Å². The standard InChI is InChI=1S/C27H33S.C6HF5O3S/c1-19(2)22-17-25(20(3)4)27(26(18-22)21(5)6)28(23-13-9-7-10-14-23)24-15-11-8-12-16-24;7-1-2(8)4(10)6(15(12,13)14)5(11)3(1)9/h7-21H,1-6H3;(H,12,13,14)/q+1;/p-1. The number of benzene rings is 4. The topological polar surface area (TPSA) is 57.2 Å². The van der Waals surface area contributed by atoms with Gasteiger partial charge in [-0.3, -0.25) is 0 Å². The van der Waals surface area contributed by atoms with Crippen LogP contribution in [0.4, 0.5) is 22.0 Å². The first-order valence-corrected chi connectivity index (χ1v) is 16.2. The quantitative estimate of drug-likeness (QED) is 0.0668. The minimum Gasteiger partial charge on any atom is -0.744 e. The average Bonchev–Trinajstić information content (AvgIpc) is 2.95. The second-order valence-corrected chi connectivity index (χ2v) is 14.1. The van der Waals surface area contributed by atoms with Gasteiger partial charge >= 0.3 is 0 Å². The van der Waals surface area contributed by atoms with Crippen molar-refractivity contribution in [1.29, 1.82) is 0 Å². The molecule has 0 saturated carbocycles. The Morgan fingerprint density at radius 3 is 1.23 bits per heavy atom. The van der Waals surface area contributed by atoms with Crippen LogP contribution in [0.1, 0.15) is 76.0 Å². The van der Waals surface area contributed by atoms with Crippen LogP contribution in [0.2, 0.25) is 0 Å². The maximum Gasteiger partial charge on any atom is 0.200 e. The lowest BCUT2D eigenvalue weighted by Crippen LogP contribution is -2.14. The maximum atomic E-state index is 12.6. The van der Waals surface area contributed by atoms with Crippen molar-refractivity contribution in [3.63, 3.8) is 0 Å². The third-order valence-electron chi connectivity index (χ3n) is 6.66. The molecular weight excluding hydrogens is 603 g/mol. The summed E-state index contributed by atoms with van der Waals surface area (Å²) in [6.45, 7) is 14.0. The number of halogens is 5. The fourth-order valence-corrected chi connectivity index (χ4v) is 7.70. The van der Waals surface area contributed by atoms with E-state index in [-0.39, 0.29) is 10.9 Å². The first-order chi connectivity index (χ1) is 20.1. The van der Waals surface area contributed by atoms with Gasteiger partial charge in [-0.05, 0) is 47.6 Å². The minimum absolute atomic E-state index is 0.100. The van der Waals surface area contributed by atoms with Gasteiger partial charge in [0.2, 0.25) is 5.82 Å². The van der Waals surface area contributed by atoms with Crippen molar-refractivity contribution in [2.45, 2.75) is 78.9 Å². The lowest BCUT2D eigenvalue weighted by molar-refractivity contribution is 0.350. The van der Waals surface area contributed by atoms with E-state index in [9.17, 15) is 34.9 Å². The van der Waals surface area contributed by atoms with Gasteiger partial charge in [0, 0.05) is 11.1 Å². The molecule has 0 spiro atoms. The third-order valence-corrected chi connectivity index (χ3v) is 9.89. The highest BCUT2D eigenvalue weighted by molar-refractivity contribution is 7.97. The van der Waals surface area contributed by atoms with E-state index >= 15 is 0 Å². The highest BCUT2D eigenvalue weighted by atomic mass is 32.2. The molecule has 0 amide bonds. The zero-order chi connectivity index (χ0) is 32.2. The summed E-state index contributed by atoms with van der Waals surface area (Å²) in [7, 11) is -5.87. The smallest absolute Gasteiger partial charge is 0.200 e. The van der Waals surface area contributed by atoms with Gasteiger partial charge in [0.05, 0.1) is 10.9 Å². The van der Waals surface area contributed by atoms with Crippen LogP contribution in [0.3, 0.4) is 0 Å². The van der Waals surface area contributed by atoms with Crippen LogP contribution >= 0.6 is 0 Å². The molecule has 0 aromatic heterocycles. The molecule has 0 aliphatic heterocycles. The van der Waals surface area contributed by atoms with Crippen molar-refractivity contribution in [2.24, 2.45) is 0 Å². The lowest BCUT2D eigenvalue weighted by atomic mass is 9.89. The molecule has 230 valence electrons. The summed E-state index contributed by atoms with van der Waals surface area (Å²) in [6, 6.07) is 27.0. The van der Waals surface area contributed by atoms with E-state index in [1.807, 2.05) is 0 Å². The number of hydrogen-bond acceptors (Lipinski definition) is 3. The van der Waals surface area contributed by atoms with Crippen LogP contribution in [0, 0.1) is 29.1 Å². The van der Waals surface area contributed by atoms with E-state index < -0.39 is 44.1 Å². The Morgan fingerprint density at radius 1 is 0.581 bits per heavy atom. The molecule has 3 nitrogen and oxygen atoms in total. The van der Waals surface area contributed by atoms with Gasteiger partial charge in [-0.2, -0.15) is 0 Å². The van der Waals surface area contributed by atoms with Gasteiger partial charge in [0.25, 0.3) is 0 Å². The van der Waals surface area contributed by atoms with Crippen LogP contribution in [0.25, 0.3) is 0 Å². The monoisotopic (exact) mass is 636 g/mol. The molecule has 4 rings (SSSR count). The molecular formula is C33H33F5O3S2. The van der Waals surface area contributed by atoms with Gasteiger partial charge in [-0.1, -0.05) is 90.1 Å². The molecule has 4 aromatic carbocycles. The molecule has 0 unspecified atom stereocenters. The average molecular weight is 637 g/mol.